The molecule has 0 aliphatic carbocycles. The Morgan fingerprint density at radius 3 is 2.59 bits per heavy atom. The number of amides is 2. The van der Waals surface area contributed by atoms with Gasteiger partial charge in [-0.2, -0.15) is 0 Å². The van der Waals surface area contributed by atoms with E-state index in [2.05, 4.69) is 15.5 Å². The van der Waals surface area contributed by atoms with Crippen molar-refractivity contribution in [3.63, 3.8) is 0 Å². The topological polar surface area (TPSA) is 109 Å². The highest BCUT2D eigenvalue weighted by molar-refractivity contribution is 5.78. The molecular weight excluding hydrogens is 498 g/mol. The smallest absolute Gasteiger partial charge is 0.258 e. The first-order valence-corrected chi connectivity index (χ1v) is 13.1. The Morgan fingerprint density at radius 2 is 1.79 bits per heavy atom. The van der Waals surface area contributed by atoms with E-state index < -0.39 is 0 Å². The van der Waals surface area contributed by atoms with Crippen molar-refractivity contribution in [3.8, 4) is 23.0 Å². The Kier molecular flexibility index (Phi) is 8.17. The summed E-state index contributed by atoms with van der Waals surface area (Å²) in [4.78, 5) is 27.6. The lowest BCUT2D eigenvalue weighted by Gasteiger charge is -2.22. The van der Waals surface area contributed by atoms with Gasteiger partial charge in [0.1, 0.15) is 17.6 Å². The third-order valence-corrected chi connectivity index (χ3v) is 6.93. The van der Waals surface area contributed by atoms with Crippen molar-refractivity contribution in [2.75, 3.05) is 26.8 Å². The highest BCUT2D eigenvalue weighted by Crippen LogP contribution is 2.29. The van der Waals surface area contributed by atoms with E-state index in [1.54, 1.807) is 25.3 Å². The van der Waals surface area contributed by atoms with Gasteiger partial charge in [0.15, 0.2) is 18.1 Å². The number of carbonyl (C=O) groups is 2. The summed E-state index contributed by atoms with van der Waals surface area (Å²) in [5.41, 5.74) is 2.84. The molecule has 1 saturated heterocycles. The van der Waals surface area contributed by atoms with Gasteiger partial charge < -0.3 is 30.0 Å². The van der Waals surface area contributed by atoms with Gasteiger partial charge in [-0.25, -0.2) is 0 Å². The number of aromatic hydroxyl groups is 1. The Balaban J connectivity index is 1.35. The predicted molar refractivity (Wildman–Crippen MR) is 145 cm³/mol. The minimum Gasteiger partial charge on any atom is -0.508 e. The number of likely N-dealkylation sites (tertiary alicyclic amines) is 1. The maximum Gasteiger partial charge on any atom is 0.258 e. The average molecular weight is 532 g/mol. The number of carbonyl (C=O) groups excluding carboxylic acids is 2. The quantitative estimate of drug-likeness (QED) is 0.477. The van der Waals surface area contributed by atoms with Crippen molar-refractivity contribution in [1.29, 1.82) is 0 Å². The van der Waals surface area contributed by atoms with E-state index >= 15 is 0 Å². The number of nitrogens with one attached hydrogen (secondary N) is 2. The summed E-state index contributed by atoms with van der Waals surface area (Å²) in [5, 5.41) is 15.9. The number of aryl methyl sites for hydroxylation is 1. The first-order valence-electron chi connectivity index (χ1n) is 13.1. The molecule has 204 valence electrons. The van der Waals surface area contributed by atoms with Gasteiger partial charge in [0.05, 0.1) is 13.2 Å². The number of hydrogen-bond acceptors (Lipinski definition) is 7. The van der Waals surface area contributed by atoms with Crippen LogP contribution in [0.3, 0.4) is 0 Å². The molecule has 3 aromatic carbocycles. The van der Waals surface area contributed by atoms with Gasteiger partial charge >= 0.3 is 0 Å². The molecule has 39 heavy (non-hydrogen) atoms. The van der Waals surface area contributed by atoms with Gasteiger partial charge in [0.2, 0.25) is 5.91 Å². The SMILES string of the molecule is COc1cc2ccc1OCC(=O)NCc1ccc(cc1)O[C@H]1CN(Cc3cccc(O)c3)C[C@@H]1NC(=O)CC2. The minimum absolute atomic E-state index is 0.0616. The second-order valence-electron chi connectivity index (χ2n) is 9.89. The second-order valence-corrected chi connectivity index (χ2v) is 9.89. The highest BCUT2D eigenvalue weighted by Gasteiger charge is 2.35. The van der Waals surface area contributed by atoms with E-state index in [4.69, 9.17) is 14.2 Å². The third-order valence-electron chi connectivity index (χ3n) is 6.93. The van der Waals surface area contributed by atoms with Gasteiger partial charge in [-0.15, -0.1) is 0 Å². The molecule has 2 amide bonds. The minimum atomic E-state index is -0.251. The van der Waals surface area contributed by atoms with Gasteiger partial charge in [0.25, 0.3) is 5.91 Å². The van der Waals surface area contributed by atoms with E-state index in [9.17, 15) is 14.7 Å². The van der Waals surface area contributed by atoms with Crippen molar-refractivity contribution in [1.82, 2.24) is 15.5 Å². The molecule has 5 heterocycles. The molecule has 2 atom stereocenters. The summed E-state index contributed by atoms with van der Waals surface area (Å²) in [6, 6.07) is 20.0. The van der Waals surface area contributed by atoms with Crippen LogP contribution in [0.15, 0.2) is 66.7 Å². The van der Waals surface area contributed by atoms with Crippen LogP contribution in [0, 0.1) is 0 Å². The summed E-state index contributed by atoms with van der Waals surface area (Å²) in [5.74, 6) is 1.60. The highest BCUT2D eigenvalue weighted by atomic mass is 16.5. The molecular formula is C30H33N3O6. The van der Waals surface area contributed by atoms with Crippen LogP contribution in [-0.4, -0.2) is 60.8 Å². The molecule has 9 nitrogen and oxygen atoms in total. The molecule has 3 N–H and O–H groups in total. The Bertz CT molecular complexity index is 1310. The van der Waals surface area contributed by atoms with Gasteiger partial charge in [0, 0.05) is 32.6 Å². The fraction of sp³-hybridized carbons (Fsp3) is 0.333. The van der Waals surface area contributed by atoms with Gasteiger partial charge in [-0.05, 0) is 59.5 Å². The van der Waals surface area contributed by atoms with E-state index in [-0.39, 0.29) is 36.3 Å². The number of ether oxygens (including phenoxy) is 3. The fourth-order valence-corrected chi connectivity index (χ4v) is 4.93. The summed E-state index contributed by atoms with van der Waals surface area (Å²) >= 11 is 0. The molecule has 8 rings (SSSR count). The molecule has 1 fully saturated rings. The van der Waals surface area contributed by atoms with Crippen LogP contribution in [-0.2, 0) is 29.1 Å². The Morgan fingerprint density at radius 1 is 0.974 bits per heavy atom. The molecule has 3 aromatic rings. The zero-order valence-corrected chi connectivity index (χ0v) is 21.9. The van der Waals surface area contributed by atoms with E-state index in [1.165, 1.54) is 0 Å². The number of phenolic OH excluding ortho intramolecular Hbond substituents is 1. The molecule has 5 aliphatic rings. The molecule has 0 spiro atoms. The summed E-state index contributed by atoms with van der Waals surface area (Å²) in [6.45, 7) is 2.10. The zero-order valence-electron chi connectivity index (χ0n) is 21.9. The van der Waals surface area contributed by atoms with E-state index in [1.807, 2.05) is 48.5 Å². The Hall–Kier alpha value is -4.24. The van der Waals surface area contributed by atoms with Crippen LogP contribution in [0.25, 0.3) is 0 Å². The number of hydrogen-bond donors (Lipinski definition) is 3. The maximum atomic E-state index is 13.0. The van der Waals surface area contributed by atoms with Crippen LogP contribution in [0.4, 0.5) is 0 Å². The molecule has 0 unspecified atom stereocenters. The number of benzene rings is 3. The third kappa shape index (κ3) is 7.00. The molecule has 0 radical (unpaired) electrons. The van der Waals surface area contributed by atoms with Crippen LogP contribution in [0.5, 0.6) is 23.0 Å². The van der Waals surface area contributed by atoms with Crippen molar-refractivity contribution < 1.29 is 28.9 Å². The van der Waals surface area contributed by atoms with Crippen molar-refractivity contribution in [3.05, 3.63) is 83.4 Å². The summed E-state index contributed by atoms with van der Waals surface area (Å²) in [7, 11) is 1.55. The largest absolute Gasteiger partial charge is 0.508 e. The van der Waals surface area contributed by atoms with Crippen molar-refractivity contribution in [2.45, 2.75) is 38.1 Å². The zero-order chi connectivity index (χ0) is 27.2. The fourth-order valence-electron chi connectivity index (χ4n) is 4.93. The molecule has 9 heteroatoms. The first kappa shape index (κ1) is 26.4. The standard InChI is InChI=1S/C30H33N3O6/c1-37-27-14-20-7-11-26(27)38-19-30(36)31-15-21-5-9-24(10-6-21)39-28-18-33(16-22-3-2-4-23(34)13-22)17-25(28)32-29(35)12-8-20/h2-7,9-11,13-14,25,28,34H,8,12,15-19H2,1H3,(H,31,36)(H,32,35)/t25-,28-/m0/s1. The number of methoxy groups -OCH3 is 1. The summed E-state index contributed by atoms with van der Waals surface area (Å²) < 4.78 is 17.5. The lowest BCUT2D eigenvalue weighted by atomic mass is 10.1. The molecule has 5 aliphatic heterocycles. The van der Waals surface area contributed by atoms with Gasteiger partial charge in [-0.3, -0.25) is 14.5 Å². The maximum absolute atomic E-state index is 13.0. The van der Waals surface area contributed by atoms with Crippen LogP contribution >= 0.6 is 0 Å². The number of phenols is 1. The van der Waals surface area contributed by atoms with Crippen molar-refractivity contribution >= 4 is 11.8 Å². The normalized spacial score (nSPS) is 20.3. The molecule has 0 aromatic heterocycles. The molecule has 4 bridgehead atoms. The average Bonchev–Trinajstić information content (AvgIpc) is 3.29. The Labute approximate surface area is 227 Å². The summed E-state index contributed by atoms with van der Waals surface area (Å²) in [6.07, 6.45) is 0.574. The second kappa shape index (κ2) is 12.1. The number of nitrogens with zero attached hydrogens (tertiary/aromatic N) is 1. The molecule has 0 saturated carbocycles. The predicted octanol–water partition coefficient (Wildman–Crippen LogP) is 2.79. The van der Waals surface area contributed by atoms with Crippen LogP contribution in [0.2, 0.25) is 0 Å². The van der Waals surface area contributed by atoms with Gasteiger partial charge in [-0.1, -0.05) is 30.3 Å². The first-order chi connectivity index (χ1) is 18.9. The lowest BCUT2D eigenvalue weighted by molar-refractivity contribution is -0.123. The van der Waals surface area contributed by atoms with E-state index in [0.717, 1.165) is 16.7 Å². The lowest BCUT2D eigenvalue weighted by Crippen LogP contribution is -2.45. The van der Waals surface area contributed by atoms with Crippen LogP contribution in [0.1, 0.15) is 23.1 Å². The van der Waals surface area contributed by atoms with Crippen LogP contribution < -0.4 is 24.8 Å². The van der Waals surface area contributed by atoms with E-state index in [0.29, 0.717) is 56.3 Å². The monoisotopic (exact) mass is 531 g/mol. The van der Waals surface area contributed by atoms with Crippen molar-refractivity contribution in [2.24, 2.45) is 0 Å². The number of rotatable bonds is 3.